The summed E-state index contributed by atoms with van der Waals surface area (Å²) in [5.74, 6) is 1.38. The highest BCUT2D eigenvalue weighted by Crippen LogP contribution is 2.33. The van der Waals surface area contributed by atoms with Gasteiger partial charge in [0.25, 0.3) is 0 Å². The molecule has 1 aliphatic carbocycles. The van der Waals surface area contributed by atoms with E-state index in [0.717, 1.165) is 36.2 Å². The Morgan fingerprint density at radius 3 is 2.47 bits per heavy atom. The lowest BCUT2D eigenvalue weighted by Crippen LogP contribution is -2.39. The lowest BCUT2D eigenvalue weighted by atomic mass is 10.1. The quantitative estimate of drug-likeness (QED) is 0.726. The second-order valence-corrected chi connectivity index (χ2v) is 9.89. The van der Waals surface area contributed by atoms with Gasteiger partial charge in [0, 0.05) is 24.5 Å². The van der Waals surface area contributed by atoms with Gasteiger partial charge in [0.1, 0.15) is 0 Å². The van der Waals surface area contributed by atoms with Gasteiger partial charge in [-0.05, 0) is 54.8 Å². The summed E-state index contributed by atoms with van der Waals surface area (Å²) in [7, 11) is -3.26. The highest BCUT2D eigenvalue weighted by molar-refractivity contribution is 7.90. The second-order valence-electron chi connectivity index (χ2n) is 7.88. The van der Waals surface area contributed by atoms with E-state index in [1.807, 2.05) is 18.2 Å². The first-order valence-corrected chi connectivity index (χ1v) is 12.0. The molecule has 160 valence electrons. The third-order valence-electron chi connectivity index (χ3n) is 5.58. The van der Waals surface area contributed by atoms with Crippen LogP contribution in [0.25, 0.3) is 0 Å². The van der Waals surface area contributed by atoms with Crippen molar-refractivity contribution in [2.45, 2.75) is 43.2 Å². The van der Waals surface area contributed by atoms with E-state index < -0.39 is 9.84 Å². The number of nitrogens with one attached hydrogen (secondary N) is 1. The van der Waals surface area contributed by atoms with E-state index in [9.17, 15) is 13.2 Å². The molecule has 7 nitrogen and oxygen atoms in total. The average Bonchev–Trinajstić information content (AvgIpc) is 3.39. The smallest absolute Gasteiger partial charge is 0.238 e. The summed E-state index contributed by atoms with van der Waals surface area (Å²) in [6.07, 6.45) is 5.69. The maximum absolute atomic E-state index is 12.7. The van der Waals surface area contributed by atoms with E-state index in [0.29, 0.717) is 18.3 Å². The molecule has 0 atom stereocenters. The molecule has 1 fully saturated rings. The Kier molecular flexibility index (Phi) is 5.97. The van der Waals surface area contributed by atoms with Crippen LogP contribution in [-0.4, -0.2) is 44.9 Å². The van der Waals surface area contributed by atoms with Gasteiger partial charge in [-0.3, -0.25) is 9.69 Å². The highest BCUT2D eigenvalue weighted by Gasteiger charge is 2.25. The van der Waals surface area contributed by atoms with Crippen molar-refractivity contribution in [3.8, 4) is 11.5 Å². The summed E-state index contributed by atoms with van der Waals surface area (Å²) in [5, 5.41) is 2.88. The van der Waals surface area contributed by atoms with Crippen molar-refractivity contribution in [1.82, 2.24) is 4.90 Å². The third kappa shape index (κ3) is 4.94. The first-order chi connectivity index (χ1) is 14.4. The number of hydrogen-bond acceptors (Lipinski definition) is 6. The van der Waals surface area contributed by atoms with Crippen LogP contribution in [0.5, 0.6) is 11.5 Å². The first kappa shape index (κ1) is 20.7. The van der Waals surface area contributed by atoms with Crippen LogP contribution in [-0.2, 0) is 21.2 Å². The number of carbonyl (C=O) groups is 1. The molecule has 0 unspecified atom stereocenters. The lowest BCUT2D eigenvalue weighted by Gasteiger charge is -2.28. The average molecular weight is 431 g/mol. The molecular weight excluding hydrogens is 404 g/mol. The Bertz CT molecular complexity index is 1010. The molecule has 2 aromatic rings. The van der Waals surface area contributed by atoms with Crippen LogP contribution in [0, 0.1) is 0 Å². The fraction of sp³-hybridized carbons (Fsp3) is 0.409. The molecule has 30 heavy (non-hydrogen) atoms. The number of ether oxygens (including phenoxy) is 2. The number of sulfone groups is 1. The van der Waals surface area contributed by atoms with Crippen LogP contribution in [0.2, 0.25) is 0 Å². The number of amides is 1. The van der Waals surface area contributed by atoms with Crippen LogP contribution < -0.4 is 14.8 Å². The highest BCUT2D eigenvalue weighted by atomic mass is 32.2. The monoisotopic (exact) mass is 430 g/mol. The minimum atomic E-state index is -3.26. The zero-order chi connectivity index (χ0) is 21.1. The predicted octanol–water partition coefficient (Wildman–Crippen LogP) is 3.20. The molecule has 2 aliphatic rings. The van der Waals surface area contributed by atoms with Crippen molar-refractivity contribution in [2.24, 2.45) is 0 Å². The number of nitrogens with zero attached hydrogens (tertiary/aromatic N) is 1. The molecule has 8 heteroatoms. The zero-order valence-electron chi connectivity index (χ0n) is 17.0. The van der Waals surface area contributed by atoms with Gasteiger partial charge >= 0.3 is 0 Å². The molecule has 1 aliphatic heterocycles. The van der Waals surface area contributed by atoms with Gasteiger partial charge in [-0.2, -0.15) is 0 Å². The number of rotatable bonds is 7. The predicted molar refractivity (Wildman–Crippen MR) is 113 cm³/mol. The molecular formula is C22H26N2O5S. The van der Waals surface area contributed by atoms with E-state index in [2.05, 4.69) is 10.2 Å². The topological polar surface area (TPSA) is 84.9 Å². The fourth-order valence-corrected chi connectivity index (χ4v) is 4.66. The summed E-state index contributed by atoms with van der Waals surface area (Å²) in [6, 6.07) is 12.5. The van der Waals surface area contributed by atoms with Crippen molar-refractivity contribution in [3.05, 3.63) is 48.0 Å². The van der Waals surface area contributed by atoms with Crippen LogP contribution in [0.15, 0.2) is 47.4 Å². The van der Waals surface area contributed by atoms with Gasteiger partial charge in [-0.25, -0.2) is 8.42 Å². The van der Waals surface area contributed by atoms with Crippen LogP contribution >= 0.6 is 0 Å². The SMILES string of the molecule is CS(=O)(=O)c1ccc(NC(=O)CN(Cc2ccc3c(c2)OCO3)C2CCCC2)cc1. The molecule has 0 bridgehead atoms. The number of carbonyl (C=O) groups excluding carboxylic acids is 1. The van der Waals surface area contributed by atoms with E-state index >= 15 is 0 Å². The van der Waals surface area contributed by atoms with Crippen LogP contribution in [0.4, 0.5) is 5.69 Å². The maximum atomic E-state index is 12.7. The van der Waals surface area contributed by atoms with Gasteiger partial charge in [0.05, 0.1) is 11.4 Å². The first-order valence-electron chi connectivity index (χ1n) is 10.1. The molecule has 0 saturated heterocycles. The van der Waals surface area contributed by atoms with E-state index in [4.69, 9.17) is 9.47 Å². The maximum Gasteiger partial charge on any atom is 0.238 e. The second kappa shape index (κ2) is 8.65. The molecule has 0 aromatic heterocycles. The summed E-state index contributed by atoms with van der Waals surface area (Å²) in [5.41, 5.74) is 1.67. The van der Waals surface area contributed by atoms with Crippen molar-refractivity contribution >= 4 is 21.4 Å². The Hall–Kier alpha value is -2.58. The molecule has 1 saturated carbocycles. The Balaban J connectivity index is 1.43. The Labute approximate surface area is 176 Å². The van der Waals surface area contributed by atoms with Gasteiger partial charge in [0.15, 0.2) is 21.3 Å². The third-order valence-corrected chi connectivity index (χ3v) is 6.71. The fourth-order valence-electron chi connectivity index (χ4n) is 4.03. The van der Waals surface area contributed by atoms with E-state index in [-0.39, 0.29) is 24.1 Å². The number of benzene rings is 2. The minimum absolute atomic E-state index is 0.116. The standard InChI is InChI=1S/C22H26N2O5S/c1-30(26,27)19-9-7-17(8-10-19)23-22(25)14-24(18-4-2-3-5-18)13-16-6-11-20-21(12-16)29-15-28-20/h6-12,18H,2-5,13-15H2,1H3,(H,23,25). The van der Waals surface area contributed by atoms with Crippen molar-refractivity contribution in [3.63, 3.8) is 0 Å². The summed E-state index contributed by atoms with van der Waals surface area (Å²) < 4.78 is 34.0. The number of fused-ring (bicyclic) bond motifs is 1. The van der Waals surface area contributed by atoms with Gasteiger partial charge < -0.3 is 14.8 Å². The minimum Gasteiger partial charge on any atom is -0.454 e. The summed E-state index contributed by atoms with van der Waals surface area (Å²) >= 11 is 0. The normalized spacial score (nSPS) is 16.2. The molecule has 0 spiro atoms. The lowest BCUT2D eigenvalue weighted by molar-refractivity contribution is -0.118. The summed E-state index contributed by atoms with van der Waals surface area (Å²) in [4.78, 5) is 15.2. The van der Waals surface area contributed by atoms with Crippen LogP contribution in [0.1, 0.15) is 31.2 Å². The van der Waals surface area contributed by atoms with Crippen LogP contribution in [0.3, 0.4) is 0 Å². The van der Waals surface area contributed by atoms with E-state index in [1.165, 1.54) is 25.0 Å². The molecule has 1 heterocycles. The van der Waals surface area contributed by atoms with Crippen molar-refractivity contribution in [1.29, 1.82) is 0 Å². The molecule has 1 N–H and O–H groups in total. The van der Waals surface area contributed by atoms with E-state index in [1.54, 1.807) is 12.1 Å². The Morgan fingerprint density at radius 2 is 1.77 bits per heavy atom. The van der Waals surface area contributed by atoms with Crippen molar-refractivity contribution < 1.29 is 22.7 Å². The zero-order valence-corrected chi connectivity index (χ0v) is 17.8. The number of anilines is 1. The van der Waals surface area contributed by atoms with Gasteiger partial charge in [-0.15, -0.1) is 0 Å². The van der Waals surface area contributed by atoms with Gasteiger partial charge in [-0.1, -0.05) is 18.9 Å². The van der Waals surface area contributed by atoms with Gasteiger partial charge in [0.2, 0.25) is 12.7 Å². The van der Waals surface area contributed by atoms with Crippen molar-refractivity contribution in [2.75, 3.05) is 24.9 Å². The molecule has 0 radical (unpaired) electrons. The largest absolute Gasteiger partial charge is 0.454 e. The summed E-state index contributed by atoms with van der Waals surface area (Å²) in [6.45, 7) is 1.17. The number of hydrogen-bond donors (Lipinski definition) is 1. The molecule has 1 amide bonds. The molecule has 4 rings (SSSR count). The molecule has 2 aromatic carbocycles. The Morgan fingerprint density at radius 1 is 1.07 bits per heavy atom.